The summed E-state index contributed by atoms with van der Waals surface area (Å²) in [7, 11) is -3.58. The van der Waals surface area contributed by atoms with Gasteiger partial charge in [-0.25, -0.2) is 8.42 Å². The SMILES string of the molecule is Cc1ccc(NC(=O)CNC(C)c2ccc(Cl)cc2)cc1S(=O)(=O)N1CCCCCC1. The number of sulfonamides is 1. The second-order valence-corrected chi connectivity index (χ2v) is 10.3. The van der Waals surface area contributed by atoms with Crippen molar-refractivity contribution in [2.24, 2.45) is 0 Å². The van der Waals surface area contributed by atoms with Crippen molar-refractivity contribution >= 4 is 33.2 Å². The zero-order valence-electron chi connectivity index (χ0n) is 18.0. The maximum atomic E-state index is 13.2. The van der Waals surface area contributed by atoms with Gasteiger partial charge in [0.05, 0.1) is 11.4 Å². The van der Waals surface area contributed by atoms with Gasteiger partial charge in [-0.15, -0.1) is 0 Å². The summed E-state index contributed by atoms with van der Waals surface area (Å²) < 4.78 is 27.9. The number of carbonyl (C=O) groups is 1. The van der Waals surface area contributed by atoms with E-state index in [-0.39, 0.29) is 23.4 Å². The van der Waals surface area contributed by atoms with Crippen LogP contribution in [0.3, 0.4) is 0 Å². The summed E-state index contributed by atoms with van der Waals surface area (Å²) in [5.74, 6) is -0.234. The van der Waals surface area contributed by atoms with Gasteiger partial charge in [-0.3, -0.25) is 4.79 Å². The lowest BCUT2D eigenvalue weighted by Gasteiger charge is -2.21. The van der Waals surface area contributed by atoms with Crippen molar-refractivity contribution in [3.63, 3.8) is 0 Å². The number of benzene rings is 2. The Morgan fingerprint density at radius 1 is 1.06 bits per heavy atom. The highest BCUT2D eigenvalue weighted by Crippen LogP contribution is 2.26. The van der Waals surface area contributed by atoms with Crippen LogP contribution >= 0.6 is 11.6 Å². The standard InChI is InChI=1S/C23H30ClN3O3S/c1-17-7-12-21(15-22(17)31(29,30)27-13-5-3-4-6-14-27)26-23(28)16-25-18(2)19-8-10-20(24)11-9-19/h7-12,15,18,25H,3-6,13-14,16H2,1-2H3,(H,26,28). The number of hydrogen-bond acceptors (Lipinski definition) is 4. The second-order valence-electron chi connectivity index (χ2n) is 8.00. The molecule has 8 heteroatoms. The highest BCUT2D eigenvalue weighted by atomic mass is 35.5. The van der Waals surface area contributed by atoms with E-state index in [1.54, 1.807) is 29.4 Å². The molecule has 1 amide bonds. The van der Waals surface area contributed by atoms with Crippen molar-refractivity contribution in [2.75, 3.05) is 25.0 Å². The molecule has 0 radical (unpaired) electrons. The maximum Gasteiger partial charge on any atom is 0.243 e. The molecule has 2 N–H and O–H groups in total. The summed E-state index contributed by atoms with van der Waals surface area (Å²) >= 11 is 5.92. The fourth-order valence-corrected chi connectivity index (χ4v) is 5.59. The average molecular weight is 464 g/mol. The van der Waals surface area contributed by atoms with Gasteiger partial charge in [0.25, 0.3) is 0 Å². The van der Waals surface area contributed by atoms with Crippen LogP contribution in [0, 0.1) is 6.92 Å². The fourth-order valence-electron chi connectivity index (χ4n) is 3.70. The first-order valence-electron chi connectivity index (χ1n) is 10.7. The van der Waals surface area contributed by atoms with Gasteiger partial charge >= 0.3 is 0 Å². The number of nitrogens with one attached hydrogen (secondary N) is 2. The third-order valence-corrected chi connectivity index (χ3v) is 7.89. The van der Waals surface area contributed by atoms with Crippen molar-refractivity contribution in [2.45, 2.75) is 50.5 Å². The van der Waals surface area contributed by atoms with Gasteiger partial charge < -0.3 is 10.6 Å². The Balaban J connectivity index is 1.65. The van der Waals surface area contributed by atoms with Gasteiger partial charge in [-0.05, 0) is 62.1 Å². The van der Waals surface area contributed by atoms with Crippen LogP contribution in [0.4, 0.5) is 5.69 Å². The van der Waals surface area contributed by atoms with E-state index in [9.17, 15) is 13.2 Å². The predicted octanol–water partition coefficient (Wildman–Crippen LogP) is 4.50. The molecule has 1 aliphatic heterocycles. The van der Waals surface area contributed by atoms with Crippen LogP contribution in [-0.2, 0) is 14.8 Å². The van der Waals surface area contributed by atoms with Crippen LogP contribution in [0.25, 0.3) is 0 Å². The van der Waals surface area contributed by atoms with E-state index in [0.717, 1.165) is 31.2 Å². The minimum Gasteiger partial charge on any atom is -0.325 e. The predicted molar refractivity (Wildman–Crippen MR) is 125 cm³/mol. The van der Waals surface area contributed by atoms with E-state index in [0.29, 0.717) is 29.4 Å². The highest BCUT2D eigenvalue weighted by molar-refractivity contribution is 7.89. The molecule has 0 aliphatic carbocycles. The van der Waals surface area contributed by atoms with Crippen molar-refractivity contribution in [1.29, 1.82) is 0 Å². The van der Waals surface area contributed by atoms with Crippen LogP contribution < -0.4 is 10.6 Å². The number of aryl methyl sites for hydroxylation is 1. The van der Waals surface area contributed by atoms with Gasteiger partial charge in [0.15, 0.2) is 0 Å². The monoisotopic (exact) mass is 463 g/mol. The van der Waals surface area contributed by atoms with Crippen molar-refractivity contribution in [3.05, 3.63) is 58.6 Å². The summed E-state index contributed by atoms with van der Waals surface area (Å²) in [4.78, 5) is 12.7. The van der Waals surface area contributed by atoms with Crippen LogP contribution in [-0.4, -0.2) is 38.3 Å². The molecule has 1 aliphatic rings. The molecule has 0 aromatic heterocycles. The zero-order valence-corrected chi connectivity index (χ0v) is 19.6. The first-order chi connectivity index (χ1) is 14.8. The maximum absolute atomic E-state index is 13.2. The highest BCUT2D eigenvalue weighted by Gasteiger charge is 2.27. The molecule has 3 rings (SSSR count). The van der Waals surface area contributed by atoms with E-state index >= 15 is 0 Å². The van der Waals surface area contributed by atoms with Gasteiger partial charge in [0.1, 0.15) is 0 Å². The molecular formula is C23H30ClN3O3S. The molecule has 1 saturated heterocycles. The molecular weight excluding hydrogens is 434 g/mol. The minimum atomic E-state index is -3.58. The van der Waals surface area contributed by atoms with Crippen molar-refractivity contribution in [1.82, 2.24) is 9.62 Å². The lowest BCUT2D eigenvalue weighted by atomic mass is 10.1. The summed E-state index contributed by atoms with van der Waals surface area (Å²) in [5, 5.41) is 6.64. The van der Waals surface area contributed by atoms with Crippen molar-refractivity contribution in [3.8, 4) is 0 Å². The Labute approximate surface area is 190 Å². The Kier molecular flexibility index (Phi) is 8.11. The number of amides is 1. The number of nitrogens with zero attached hydrogens (tertiary/aromatic N) is 1. The molecule has 1 atom stereocenters. The molecule has 0 spiro atoms. The summed E-state index contributed by atoms with van der Waals surface area (Å²) in [6, 6.07) is 12.5. The Hall–Kier alpha value is -1.93. The van der Waals surface area contributed by atoms with E-state index in [4.69, 9.17) is 11.6 Å². The molecule has 0 saturated carbocycles. The van der Waals surface area contributed by atoms with Crippen molar-refractivity contribution < 1.29 is 13.2 Å². The number of hydrogen-bond donors (Lipinski definition) is 2. The lowest BCUT2D eigenvalue weighted by molar-refractivity contribution is -0.115. The van der Waals surface area contributed by atoms with Crippen LogP contribution in [0.1, 0.15) is 49.8 Å². The van der Waals surface area contributed by atoms with Gasteiger partial charge in [-0.2, -0.15) is 4.31 Å². The second kappa shape index (κ2) is 10.6. The van der Waals surface area contributed by atoms with Crippen LogP contribution in [0.15, 0.2) is 47.4 Å². The molecule has 31 heavy (non-hydrogen) atoms. The Bertz CT molecular complexity index is 1000. The minimum absolute atomic E-state index is 0.0278. The lowest BCUT2D eigenvalue weighted by Crippen LogP contribution is -2.32. The van der Waals surface area contributed by atoms with Crippen LogP contribution in [0.2, 0.25) is 5.02 Å². The van der Waals surface area contributed by atoms with E-state index in [1.165, 1.54) is 0 Å². The molecule has 6 nitrogen and oxygen atoms in total. The van der Waals surface area contributed by atoms with E-state index in [2.05, 4.69) is 10.6 Å². The Morgan fingerprint density at radius 2 is 1.71 bits per heavy atom. The van der Waals surface area contributed by atoms with Gasteiger partial charge in [0.2, 0.25) is 15.9 Å². The molecule has 2 aromatic carbocycles. The third kappa shape index (κ3) is 6.29. The quantitative estimate of drug-likeness (QED) is 0.633. The van der Waals surface area contributed by atoms with E-state index < -0.39 is 10.0 Å². The topological polar surface area (TPSA) is 78.5 Å². The summed E-state index contributed by atoms with van der Waals surface area (Å²) in [6.45, 7) is 4.95. The normalized spacial score (nSPS) is 16.5. The first-order valence-corrected chi connectivity index (χ1v) is 12.5. The number of halogens is 1. The molecule has 2 aromatic rings. The first kappa shape index (κ1) is 23.7. The molecule has 168 valence electrons. The molecule has 1 fully saturated rings. The largest absolute Gasteiger partial charge is 0.325 e. The smallest absolute Gasteiger partial charge is 0.243 e. The van der Waals surface area contributed by atoms with Crippen LogP contribution in [0.5, 0.6) is 0 Å². The number of rotatable bonds is 7. The summed E-state index contributed by atoms with van der Waals surface area (Å²) in [6.07, 6.45) is 3.88. The number of carbonyl (C=O) groups excluding carboxylic acids is 1. The molecule has 1 heterocycles. The fraction of sp³-hybridized carbons (Fsp3) is 0.435. The number of anilines is 1. The third-order valence-electron chi connectivity index (χ3n) is 5.59. The molecule has 1 unspecified atom stereocenters. The van der Waals surface area contributed by atoms with E-state index in [1.807, 2.05) is 31.2 Å². The average Bonchev–Trinajstić information content (AvgIpc) is 3.04. The summed E-state index contributed by atoms with van der Waals surface area (Å²) in [5.41, 5.74) is 2.18. The van der Waals surface area contributed by atoms with Gasteiger partial charge in [-0.1, -0.05) is 42.6 Å². The van der Waals surface area contributed by atoms with Gasteiger partial charge in [0, 0.05) is 29.8 Å². The molecule has 0 bridgehead atoms. The Morgan fingerprint density at radius 3 is 2.35 bits per heavy atom. The zero-order chi connectivity index (χ0) is 22.4.